The van der Waals surface area contributed by atoms with Gasteiger partial charge in [0.2, 0.25) is 0 Å². The first-order valence-corrected chi connectivity index (χ1v) is 9.42. The Bertz CT molecular complexity index is 755. The lowest BCUT2D eigenvalue weighted by molar-refractivity contribution is 0.105. The van der Waals surface area contributed by atoms with Crippen molar-refractivity contribution in [2.24, 2.45) is 0 Å². The summed E-state index contributed by atoms with van der Waals surface area (Å²) in [6.45, 7) is 9.28. The average Bonchev–Trinajstić information content (AvgIpc) is 2.69. The fourth-order valence-corrected chi connectivity index (χ4v) is 3.02. The van der Waals surface area contributed by atoms with E-state index in [1.807, 2.05) is 13.0 Å². The van der Waals surface area contributed by atoms with Gasteiger partial charge in [-0.3, -0.25) is 0 Å². The second-order valence-corrected chi connectivity index (χ2v) is 6.84. The highest BCUT2D eigenvalue weighted by Gasteiger charge is 2.22. The van der Waals surface area contributed by atoms with Crippen LogP contribution in [-0.2, 0) is 4.74 Å². The van der Waals surface area contributed by atoms with Crippen molar-refractivity contribution in [1.82, 2.24) is 14.9 Å². The largest absolute Gasteiger partial charge is 0.450 e. The van der Waals surface area contributed by atoms with Gasteiger partial charge in [0, 0.05) is 37.9 Å². The van der Waals surface area contributed by atoms with Crippen molar-refractivity contribution in [3.63, 3.8) is 0 Å². The molecule has 144 valence electrons. The van der Waals surface area contributed by atoms with Gasteiger partial charge in [0.05, 0.1) is 6.61 Å². The van der Waals surface area contributed by atoms with Crippen molar-refractivity contribution in [2.45, 2.75) is 26.7 Å². The SMILES string of the molecule is CCOC(=O)N1CCN(c2cc(Nc3ccc(C(C)C)cc3)ncn2)CC1. The van der Waals surface area contributed by atoms with E-state index in [2.05, 4.69) is 58.3 Å². The molecule has 2 heterocycles. The van der Waals surface area contributed by atoms with Crippen LogP contribution in [0.15, 0.2) is 36.7 Å². The van der Waals surface area contributed by atoms with Crippen LogP contribution in [0.1, 0.15) is 32.3 Å². The molecule has 1 saturated heterocycles. The predicted octanol–water partition coefficient (Wildman–Crippen LogP) is 3.62. The van der Waals surface area contributed by atoms with Crippen LogP contribution in [0, 0.1) is 0 Å². The number of aromatic nitrogens is 2. The Kier molecular flexibility index (Phi) is 6.11. The Hall–Kier alpha value is -2.83. The van der Waals surface area contributed by atoms with Gasteiger partial charge in [0.25, 0.3) is 0 Å². The highest BCUT2D eigenvalue weighted by Crippen LogP contribution is 2.22. The topological polar surface area (TPSA) is 70.6 Å². The zero-order valence-corrected chi connectivity index (χ0v) is 16.2. The maximum absolute atomic E-state index is 11.8. The van der Waals surface area contributed by atoms with E-state index >= 15 is 0 Å². The van der Waals surface area contributed by atoms with Crippen LogP contribution in [0.5, 0.6) is 0 Å². The third kappa shape index (κ3) is 4.87. The molecule has 2 aromatic rings. The van der Waals surface area contributed by atoms with Gasteiger partial charge in [0.1, 0.15) is 18.0 Å². The number of nitrogens with zero attached hydrogens (tertiary/aromatic N) is 4. The summed E-state index contributed by atoms with van der Waals surface area (Å²) in [4.78, 5) is 24.4. The minimum absolute atomic E-state index is 0.243. The molecule has 1 aromatic carbocycles. The van der Waals surface area contributed by atoms with Crippen molar-refractivity contribution >= 4 is 23.4 Å². The Morgan fingerprint density at radius 1 is 1.15 bits per heavy atom. The van der Waals surface area contributed by atoms with Crippen molar-refractivity contribution in [1.29, 1.82) is 0 Å². The summed E-state index contributed by atoms with van der Waals surface area (Å²) in [5, 5.41) is 3.33. The fourth-order valence-electron chi connectivity index (χ4n) is 3.02. The lowest BCUT2D eigenvalue weighted by Gasteiger charge is -2.34. The lowest BCUT2D eigenvalue weighted by Crippen LogP contribution is -2.49. The summed E-state index contributed by atoms with van der Waals surface area (Å²) < 4.78 is 5.06. The normalized spacial score (nSPS) is 14.4. The number of nitrogens with one attached hydrogen (secondary N) is 1. The molecule has 0 unspecified atom stereocenters. The van der Waals surface area contributed by atoms with Crippen LogP contribution in [0.2, 0.25) is 0 Å². The molecule has 27 heavy (non-hydrogen) atoms. The van der Waals surface area contributed by atoms with E-state index in [9.17, 15) is 4.79 Å². The number of carbonyl (C=O) groups is 1. The van der Waals surface area contributed by atoms with Gasteiger partial charge in [-0.15, -0.1) is 0 Å². The monoisotopic (exact) mass is 369 g/mol. The molecular weight excluding hydrogens is 342 g/mol. The van der Waals surface area contributed by atoms with E-state index in [4.69, 9.17) is 4.74 Å². The third-order valence-corrected chi connectivity index (χ3v) is 4.63. The molecule has 0 bridgehead atoms. The molecule has 1 N–H and O–H groups in total. The minimum Gasteiger partial charge on any atom is -0.450 e. The molecule has 3 rings (SSSR count). The maximum Gasteiger partial charge on any atom is 0.409 e. The van der Waals surface area contributed by atoms with Gasteiger partial charge >= 0.3 is 6.09 Å². The zero-order valence-electron chi connectivity index (χ0n) is 16.2. The van der Waals surface area contributed by atoms with E-state index in [0.29, 0.717) is 25.6 Å². The predicted molar refractivity (Wildman–Crippen MR) is 107 cm³/mol. The van der Waals surface area contributed by atoms with E-state index in [-0.39, 0.29) is 6.09 Å². The maximum atomic E-state index is 11.8. The standard InChI is InChI=1S/C20H27N5O2/c1-4-27-20(26)25-11-9-24(10-12-25)19-13-18(21-14-22-19)23-17-7-5-16(6-8-17)15(2)3/h5-8,13-15H,4,9-12H2,1-3H3,(H,21,22,23). The Morgan fingerprint density at radius 3 is 2.48 bits per heavy atom. The fraction of sp³-hybridized carbons (Fsp3) is 0.450. The number of hydrogen-bond donors (Lipinski definition) is 1. The van der Waals surface area contributed by atoms with Gasteiger partial charge < -0.3 is 19.9 Å². The van der Waals surface area contributed by atoms with Gasteiger partial charge in [-0.25, -0.2) is 14.8 Å². The summed E-state index contributed by atoms with van der Waals surface area (Å²) in [6.07, 6.45) is 1.32. The molecule has 0 radical (unpaired) electrons. The summed E-state index contributed by atoms with van der Waals surface area (Å²) in [5.74, 6) is 2.12. The van der Waals surface area contributed by atoms with Crippen LogP contribution in [0.25, 0.3) is 0 Å². The Balaban J connectivity index is 1.61. The molecule has 0 spiro atoms. The smallest absolute Gasteiger partial charge is 0.409 e. The van der Waals surface area contributed by atoms with Crippen molar-refractivity contribution in [3.8, 4) is 0 Å². The molecule has 7 nitrogen and oxygen atoms in total. The second kappa shape index (κ2) is 8.70. The third-order valence-electron chi connectivity index (χ3n) is 4.63. The van der Waals surface area contributed by atoms with Crippen LogP contribution >= 0.6 is 0 Å². The number of ether oxygens (including phenoxy) is 1. The number of benzene rings is 1. The summed E-state index contributed by atoms with van der Waals surface area (Å²) in [6, 6.07) is 10.3. The van der Waals surface area contributed by atoms with Gasteiger partial charge in [0.15, 0.2) is 0 Å². The van der Waals surface area contributed by atoms with Gasteiger partial charge in [-0.2, -0.15) is 0 Å². The molecular formula is C20H27N5O2. The van der Waals surface area contributed by atoms with Gasteiger partial charge in [-0.05, 0) is 30.5 Å². The molecule has 1 aliphatic rings. The molecule has 0 saturated carbocycles. The second-order valence-electron chi connectivity index (χ2n) is 6.84. The molecule has 0 aliphatic carbocycles. The Labute approximate surface area is 160 Å². The Morgan fingerprint density at radius 2 is 1.85 bits per heavy atom. The first kappa shape index (κ1) is 18.9. The number of rotatable bonds is 5. The average molecular weight is 369 g/mol. The molecule has 0 atom stereocenters. The van der Waals surface area contributed by atoms with Crippen LogP contribution in [0.4, 0.5) is 22.1 Å². The van der Waals surface area contributed by atoms with Crippen LogP contribution in [-0.4, -0.2) is 53.7 Å². The quantitative estimate of drug-likeness (QED) is 0.868. The summed E-state index contributed by atoms with van der Waals surface area (Å²) in [7, 11) is 0. The molecule has 1 fully saturated rings. The molecule has 7 heteroatoms. The van der Waals surface area contributed by atoms with Crippen LogP contribution in [0.3, 0.4) is 0 Å². The highest BCUT2D eigenvalue weighted by atomic mass is 16.6. The number of hydrogen-bond acceptors (Lipinski definition) is 6. The molecule has 1 amide bonds. The number of amides is 1. The first-order valence-electron chi connectivity index (χ1n) is 9.42. The highest BCUT2D eigenvalue weighted by molar-refractivity contribution is 5.68. The minimum atomic E-state index is -0.243. The van der Waals surface area contributed by atoms with E-state index in [1.165, 1.54) is 5.56 Å². The van der Waals surface area contributed by atoms with E-state index in [1.54, 1.807) is 11.2 Å². The molecule has 1 aromatic heterocycles. The van der Waals surface area contributed by atoms with Gasteiger partial charge in [-0.1, -0.05) is 26.0 Å². The van der Waals surface area contributed by atoms with E-state index in [0.717, 1.165) is 30.4 Å². The number of piperazine rings is 1. The summed E-state index contributed by atoms with van der Waals surface area (Å²) in [5.41, 5.74) is 2.31. The number of anilines is 3. The van der Waals surface area contributed by atoms with Crippen molar-refractivity contribution in [3.05, 3.63) is 42.2 Å². The molecule has 1 aliphatic heterocycles. The van der Waals surface area contributed by atoms with Crippen molar-refractivity contribution in [2.75, 3.05) is 43.0 Å². The van der Waals surface area contributed by atoms with E-state index < -0.39 is 0 Å². The number of carbonyl (C=O) groups excluding carboxylic acids is 1. The van der Waals surface area contributed by atoms with Crippen molar-refractivity contribution < 1.29 is 9.53 Å². The van der Waals surface area contributed by atoms with Crippen LogP contribution < -0.4 is 10.2 Å². The lowest BCUT2D eigenvalue weighted by atomic mass is 10.0. The first-order chi connectivity index (χ1) is 13.1. The summed E-state index contributed by atoms with van der Waals surface area (Å²) >= 11 is 0. The zero-order chi connectivity index (χ0) is 19.2.